The minimum Gasteiger partial charge on any atom is -0.504 e. The molecule has 41 heavy (non-hydrogen) atoms. The quantitative estimate of drug-likeness (QED) is 0.277. The van der Waals surface area contributed by atoms with Gasteiger partial charge in [0, 0.05) is 35.2 Å². The third kappa shape index (κ3) is 4.73. The Balaban J connectivity index is 1.57. The number of alkyl halides is 4. The van der Waals surface area contributed by atoms with E-state index in [4.69, 9.17) is 14.2 Å². The Bertz CT molecular complexity index is 1610. The zero-order chi connectivity index (χ0) is 29.8. The summed E-state index contributed by atoms with van der Waals surface area (Å²) < 4.78 is 70.4. The zero-order valence-electron chi connectivity index (χ0n) is 21.2. The lowest BCUT2D eigenvalue weighted by atomic mass is 9.81. The second-order valence-corrected chi connectivity index (χ2v) is 9.37. The van der Waals surface area contributed by atoms with Crippen LogP contribution in [0.3, 0.4) is 0 Å². The number of rotatable bonds is 4. The van der Waals surface area contributed by atoms with Gasteiger partial charge in [-0.05, 0) is 13.0 Å². The van der Waals surface area contributed by atoms with Gasteiger partial charge in [0.05, 0.1) is 17.7 Å². The number of ketones is 2. The minimum absolute atomic E-state index is 0.0126. The molecule has 2 N–H and O–H groups in total. The van der Waals surface area contributed by atoms with Crippen molar-refractivity contribution in [3.8, 4) is 11.5 Å². The van der Waals surface area contributed by atoms with E-state index < -0.39 is 77.4 Å². The molecule has 2 aliphatic rings. The normalized spacial score (nSPS) is 23.9. The molecule has 1 amide bonds. The molecule has 2 aromatic carbocycles. The number of hydrogen-bond acceptors (Lipinski definition) is 9. The fourth-order valence-electron chi connectivity index (χ4n) is 4.95. The molecule has 10 nitrogen and oxygen atoms in total. The molecule has 1 aromatic heterocycles. The van der Waals surface area contributed by atoms with Gasteiger partial charge in [0.25, 0.3) is 0 Å². The predicted octanol–water partition coefficient (Wildman–Crippen LogP) is 3.16. The van der Waals surface area contributed by atoms with Crippen LogP contribution in [0.2, 0.25) is 0 Å². The van der Waals surface area contributed by atoms with Crippen molar-refractivity contribution < 1.29 is 56.1 Å². The average Bonchev–Trinajstić information content (AvgIpc) is 2.92. The number of fused-ring (bicyclic) bond motifs is 4. The molecule has 1 aliphatic heterocycles. The number of ether oxygens (including phenoxy) is 3. The number of aromatic nitrogens is 1. The number of esters is 1. The van der Waals surface area contributed by atoms with Crippen LogP contribution in [0.4, 0.5) is 17.6 Å². The topological polar surface area (TPSA) is 141 Å². The van der Waals surface area contributed by atoms with Crippen LogP contribution < -0.4 is 10.1 Å². The van der Waals surface area contributed by atoms with Crippen molar-refractivity contribution in [3.05, 3.63) is 64.8 Å². The molecule has 1 saturated heterocycles. The largest absolute Gasteiger partial charge is 0.504 e. The van der Waals surface area contributed by atoms with Crippen molar-refractivity contribution in [1.82, 2.24) is 10.3 Å². The van der Waals surface area contributed by atoms with Gasteiger partial charge >= 0.3 is 18.1 Å². The number of benzene rings is 2. The number of hydrogen-bond donors (Lipinski definition) is 2. The molecule has 0 saturated carbocycles. The van der Waals surface area contributed by atoms with E-state index in [-0.39, 0.29) is 27.6 Å². The molecule has 0 bridgehead atoms. The Morgan fingerprint density at radius 3 is 2.29 bits per heavy atom. The molecular formula is C27H20F4N2O8. The van der Waals surface area contributed by atoms with Crippen LogP contribution in [0.15, 0.2) is 42.6 Å². The third-order valence-electron chi connectivity index (χ3n) is 6.74. The van der Waals surface area contributed by atoms with Gasteiger partial charge in [0.2, 0.25) is 12.5 Å². The summed E-state index contributed by atoms with van der Waals surface area (Å²) in [6, 6.07) is 7.08. The fourth-order valence-corrected chi connectivity index (χ4v) is 4.95. The van der Waals surface area contributed by atoms with Crippen molar-refractivity contribution in [2.75, 3.05) is 0 Å². The summed E-state index contributed by atoms with van der Waals surface area (Å²) in [5, 5.41) is 12.9. The third-order valence-corrected chi connectivity index (χ3v) is 6.74. The Morgan fingerprint density at radius 1 is 1.05 bits per heavy atom. The maximum atomic E-state index is 15.8. The van der Waals surface area contributed by atoms with Gasteiger partial charge in [-0.1, -0.05) is 30.3 Å². The smallest absolute Gasteiger partial charge is 0.471 e. The van der Waals surface area contributed by atoms with Gasteiger partial charge in [-0.2, -0.15) is 13.2 Å². The van der Waals surface area contributed by atoms with Gasteiger partial charge in [-0.25, -0.2) is 4.39 Å². The summed E-state index contributed by atoms with van der Waals surface area (Å²) in [6.45, 7) is 2.07. The van der Waals surface area contributed by atoms with Crippen LogP contribution >= 0.6 is 0 Å². The summed E-state index contributed by atoms with van der Waals surface area (Å²) in [4.78, 5) is 54.2. The van der Waals surface area contributed by atoms with Crippen molar-refractivity contribution in [2.45, 2.75) is 50.7 Å². The molecule has 3 aromatic rings. The van der Waals surface area contributed by atoms with E-state index in [1.807, 2.05) is 0 Å². The van der Waals surface area contributed by atoms with Crippen LogP contribution in [-0.4, -0.2) is 70.4 Å². The van der Waals surface area contributed by atoms with Gasteiger partial charge in [0.1, 0.15) is 5.52 Å². The first-order valence-corrected chi connectivity index (χ1v) is 12.1. The van der Waals surface area contributed by atoms with Gasteiger partial charge in [-0.15, -0.1) is 0 Å². The SMILES string of the molecule is CC(=O)O[C@H]1[C@@H](F)[C@H](Oc2c(O)c3c(c4cccnc24)C(=O)c2ccccc2C3=O)O[C@@H](C)[C@H]1NC(=O)C(F)(F)F. The molecule has 214 valence electrons. The highest BCUT2D eigenvalue weighted by atomic mass is 19.4. The molecule has 5 atom stereocenters. The number of phenolic OH excluding ortho intramolecular Hbond substituents is 1. The Morgan fingerprint density at radius 2 is 1.68 bits per heavy atom. The average molecular weight is 576 g/mol. The molecule has 1 aliphatic carbocycles. The maximum absolute atomic E-state index is 15.8. The number of aromatic hydroxyl groups is 1. The molecule has 5 rings (SSSR count). The van der Waals surface area contributed by atoms with Crippen LogP contribution in [0, 0.1) is 0 Å². The van der Waals surface area contributed by atoms with E-state index in [9.17, 15) is 37.5 Å². The number of amides is 1. The molecule has 0 unspecified atom stereocenters. The highest BCUT2D eigenvalue weighted by Crippen LogP contribution is 2.45. The van der Waals surface area contributed by atoms with Gasteiger partial charge < -0.3 is 24.6 Å². The number of halogens is 4. The van der Waals surface area contributed by atoms with Crippen molar-refractivity contribution in [1.29, 1.82) is 0 Å². The summed E-state index contributed by atoms with van der Waals surface area (Å²) in [5.41, 5.74) is -0.602. The molecule has 0 radical (unpaired) electrons. The Labute approximate surface area is 228 Å². The van der Waals surface area contributed by atoms with Crippen molar-refractivity contribution >= 4 is 34.3 Å². The fraction of sp³-hybridized carbons (Fsp3) is 0.296. The van der Waals surface area contributed by atoms with Gasteiger partial charge in [0.15, 0.2) is 29.2 Å². The number of nitrogens with zero attached hydrogens (tertiary/aromatic N) is 1. The van der Waals surface area contributed by atoms with E-state index in [0.717, 1.165) is 6.92 Å². The van der Waals surface area contributed by atoms with E-state index in [0.29, 0.717) is 0 Å². The van der Waals surface area contributed by atoms with Crippen molar-refractivity contribution in [3.63, 3.8) is 0 Å². The second kappa shape index (κ2) is 10.1. The Hall–Kier alpha value is -4.59. The molecular weight excluding hydrogens is 556 g/mol. The van der Waals surface area contributed by atoms with E-state index in [1.54, 1.807) is 11.4 Å². The van der Waals surface area contributed by atoms with Crippen molar-refractivity contribution in [2.24, 2.45) is 0 Å². The van der Waals surface area contributed by atoms with E-state index in [1.165, 1.54) is 43.5 Å². The number of pyridine rings is 1. The Kier molecular flexibility index (Phi) is 6.89. The summed E-state index contributed by atoms with van der Waals surface area (Å²) >= 11 is 0. The molecule has 0 spiro atoms. The minimum atomic E-state index is -5.32. The lowest BCUT2D eigenvalue weighted by Crippen LogP contribution is -2.64. The van der Waals surface area contributed by atoms with Gasteiger partial charge in [-0.3, -0.25) is 24.2 Å². The summed E-state index contributed by atoms with van der Waals surface area (Å²) in [6.07, 6.45) is -12.0. The second-order valence-electron chi connectivity index (χ2n) is 9.37. The number of carbonyl (C=O) groups excluding carboxylic acids is 4. The highest BCUT2D eigenvalue weighted by molar-refractivity contribution is 6.33. The first-order chi connectivity index (χ1) is 19.3. The molecule has 1 fully saturated rings. The lowest BCUT2D eigenvalue weighted by Gasteiger charge is -2.42. The van der Waals surface area contributed by atoms with E-state index in [2.05, 4.69) is 4.98 Å². The monoisotopic (exact) mass is 576 g/mol. The first-order valence-electron chi connectivity index (χ1n) is 12.1. The summed E-state index contributed by atoms with van der Waals surface area (Å²) in [5.74, 6) is -6.17. The zero-order valence-corrected chi connectivity index (χ0v) is 21.2. The number of nitrogens with one attached hydrogen (secondary N) is 1. The van der Waals surface area contributed by atoms with E-state index >= 15 is 4.39 Å². The lowest BCUT2D eigenvalue weighted by molar-refractivity contribution is -0.233. The van der Waals surface area contributed by atoms with Crippen LogP contribution in [0.1, 0.15) is 45.7 Å². The number of carbonyl (C=O) groups is 4. The molecule has 14 heteroatoms. The highest BCUT2D eigenvalue weighted by Gasteiger charge is 2.52. The first kappa shape index (κ1) is 28.0. The standard InChI is InChI=1S/C27H20F4N2O8/c1-10-18(33-26(38)27(29,30)31)23(40-11(2)34)17(28)25(39-10)41-24-19-14(8-5-9-32-19)15-16(22(24)37)21(36)13-7-4-3-6-12(13)20(15)35/h3-10,17-18,23,25,37H,1-2H3,(H,33,38)/t10-,17+,18+,23-,25-/m0/s1. The van der Waals surface area contributed by atoms with Crippen LogP contribution in [-0.2, 0) is 19.1 Å². The predicted molar refractivity (Wildman–Crippen MR) is 130 cm³/mol. The molecule has 2 heterocycles. The number of phenols is 1. The van der Waals surface area contributed by atoms with Crippen LogP contribution in [0.5, 0.6) is 11.5 Å². The van der Waals surface area contributed by atoms with Crippen LogP contribution in [0.25, 0.3) is 10.9 Å². The summed E-state index contributed by atoms with van der Waals surface area (Å²) in [7, 11) is 0. The maximum Gasteiger partial charge on any atom is 0.471 e.